The number of rotatable bonds is 4. The lowest BCUT2D eigenvalue weighted by molar-refractivity contribution is 0.0682. The Balaban J connectivity index is 1.69. The summed E-state index contributed by atoms with van der Waals surface area (Å²) in [5.74, 6) is 1.49. The van der Waals surface area contributed by atoms with Crippen LogP contribution in [-0.4, -0.2) is 34.7 Å². The molecule has 1 aliphatic rings. The molecule has 5 nitrogen and oxygen atoms in total. The zero-order valence-electron chi connectivity index (χ0n) is 12.4. The molecule has 0 saturated carbocycles. The smallest absolute Gasteiger partial charge is 0.226 e. The highest BCUT2D eigenvalue weighted by Crippen LogP contribution is 2.21. The minimum absolute atomic E-state index is 0.0284. The van der Waals surface area contributed by atoms with Crippen molar-refractivity contribution in [2.75, 3.05) is 18.1 Å². The molecule has 0 bridgehead atoms. The van der Waals surface area contributed by atoms with Crippen LogP contribution in [0, 0.1) is 0 Å². The second kappa shape index (κ2) is 6.94. The molecule has 0 amide bonds. The molecule has 2 atom stereocenters. The summed E-state index contributed by atoms with van der Waals surface area (Å²) < 4.78 is 11.1. The Hall–Kier alpha value is -1.85. The fourth-order valence-corrected chi connectivity index (χ4v) is 2.53. The number of nitrogens with zero attached hydrogens (tertiary/aromatic N) is 3. The van der Waals surface area contributed by atoms with E-state index < -0.39 is 0 Å². The molecular weight excluding hydrogens is 302 g/mol. The first-order valence-corrected chi connectivity index (χ1v) is 7.70. The van der Waals surface area contributed by atoms with E-state index in [4.69, 9.17) is 21.1 Å². The number of ether oxygens (including phenoxy) is 2. The topological polar surface area (TPSA) is 47.5 Å². The fraction of sp³-hybridized carbons (Fsp3) is 0.375. The van der Waals surface area contributed by atoms with Gasteiger partial charge in [-0.3, -0.25) is 0 Å². The van der Waals surface area contributed by atoms with Crippen LogP contribution in [-0.2, 0) is 11.3 Å². The van der Waals surface area contributed by atoms with Crippen molar-refractivity contribution in [2.45, 2.75) is 25.1 Å². The normalized spacial score (nSPS) is 21.6. The van der Waals surface area contributed by atoms with E-state index in [9.17, 15) is 0 Å². The van der Waals surface area contributed by atoms with Crippen molar-refractivity contribution in [1.29, 1.82) is 0 Å². The Bertz CT molecular complexity index is 611. The molecular formula is C16H18ClN3O2. The molecule has 1 fully saturated rings. The van der Waals surface area contributed by atoms with E-state index in [1.54, 1.807) is 6.20 Å². The van der Waals surface area contributed by atoms with Crippen molar-refractivity contribution < 1.29 is 9.47 Å². The van der Waals surface area contributed by atoms with Gasteiger partial charge in [0, 0.05) is 12.7 Å². The Morgan fingerprint density at radius 2 is 2.14 bits per heavy atom. The number of anilines is 1. The van der Waals surface area contributed by atoms with Crippen LogP contribution in [0.25, 0.3) is 0 Å². The number of aromatic nitrogens is 2. The third-order valence-electron chi connectivity index (χ3n) is 3.57. The van der Waals surface area contributed by atoms with Crippen molar-refractivity contribution >= 4 is 17.5 Å². The van der Waals surface area contributed by atoms with E-state index in [0.29, 0.717) is 19.2 Å². The quantitative estimate of drug-likeness (QED) is 0.811. The van der Waals surface area contributed by atoms with Gasteiger partial charge in [-0.25, -0.2) is 9.97 Å². The fourth-order valence-electron chi connectivity index (χ4n) is 2.31. The highest BCUT2D eigenvalue weighted by Gasteiger charge is 2.28. The van der Waals surface area contributed by atoms with Crippen molar-refractivity contribution in [3.05, 3.63) is 48.3 Å². The van der Waals surface area contributed by atoms with E-state index in [-0.39, 0.29) is 11.6 Å². The van der Waals surface area contributed by atoms with E-state index in [0.717, 1.165) is 18.0 Å². The van der Waals surface area contributed by atoms with Gasteiger partial charge in [-0.1, -0.05) is 29.8 Å². The van der Waals surface area contributed by atoms with E-state index >= 15 is 0 Å². The third-order valence-corrected chi connectivity index (χ3v) is 4.06. The minimum Gasteiger partial charge on any atom is -0.487 e. The number of para-hydroxylation sites is 1. The summed E-state index contributed by atoms with van der Waals surface area (Å²) in [7, 11) is 0. The highest BCUT2D eigenvalue weighted by atomic mass is 35.5. The molecule has 0 N–H and O–H groups in total. The van der Waals surface area contributed by atoms with Crippen LogP contribution in [0.5, 0.6) is 5.75 Å². The van der Waals surface area contributed by atoms with Crippen LogP contribution in [0.4, 0.5) is 5.95 Å². The van der Waals surface area contributed by atoms with Crippen LogP contribution in [0.15, 0.2) is 42.6 Å². The lowest BCUT2D eigenvalue weighted by atomic mass is 10.2. The molecule has 1 saturated heterocycles. The van der Waals surface area contributed by atoms with Crippen LogP contribution in [0.1, 0.15) is 12.6 Å². The van der Waals surface area contributed by atoms with E-state index in [1.807, 2.05) is 43.3 Å². The monoisotopic (exact) mass is 319 g/mol. The van der Waals surface area contributed by atoms with Crippen LogP contribution in [0.3, 0.4) is 0 Å². The van der Waals surface area contributed by atoms with Crippen molar-refractivity contribution in [2.24, 2.45) is 0 Å². The van der Waals surface area contributed by atoms with E-state index in [2.05, 4.69) is 14.9 Å². The molecule has 2 aromatic rings. The molecule has 0 aliphatic carbocycles. The second-order valence-corrected chi connectivity index (χ2v) is 5.54. The largest absolute Gasteiger partial charge is 0.487 e. The molecule has 22 heavy (non-hydrogen) atoms. The van der Waals surface area contributed by atoms with Crippen LogP contribution >= 0.6 is 11.6 Å². The SMILES string of the molecule is CC1C(Cl)OCCN1c1nccc(COc2ccccc2)n1. The van der Waals surface area contributed by atoms with Crippen LogP contribution in [0.2, 0.25) is 0 Å². The summed E-state index contributed by atoms with van der Waals surface area (Å²) >= 11 is 6.15. The zero-order chi connectivity index (χ0) is 15.4. The Morgan fingerprint density at radius 3 is 2.95 bits per heavy atom. The summed E-state index contributed by atoms with van der Waals surface area (Å²) in [4.78, 5) is 11.0. The molecule has 0 radical (unpaired) electrons. The number of halogens is 1. The van der Waals surface area contributed by atoms with E-state index in [1.165, 1.54) is 0 Å². The first kappa shape index (κ1) is 15.1. The summed E-state index contributed by atoms with van der Waals surface area (Å²) in [6.45, 7) is 3.72. The standard InChI is InChI=1S/C16H18ClN3O2/c1-12-15(17)21-10-9-20(12)16-18-8-7-13(19-16)11-22-14-5-3-2-4-6-14/h2-8,12,15H,9-11H2,1H3. The van der Waals surface area contributed by atoms with Gasteiger partial charge in [0.1, 0.15) is 12.4 Å². The Labute approximate surface area is 134 Å². The number of morpholine rings is 1. The first-order chi connectivity index (χ1) is 10.7. The average molecular weight is 320 g/mol. The molecule has 1 aromatic carbocycles. The maximum atomic E-state index is 6.15. The maximum absolute atomic E-state index is 6.15. The summed E-state index contributed by atoms with van der Waals surface area (Å²) in [5, 5.41) is 0. The Morgan fingerprint density at radius 1 is 1.32 bits per heavy atom. The lowest BCUT2D eigenvalue weighted by Gasteiger charge is -2.36. The predicted octanol–water partition coefficient (Wildman–Crippen LogP) is 2.85. The summed E-state index contributed by atoms with van der Waals surface area (Å²) in [6, 6.07) is 11.6. The van der Waals surface area contributed by atoms with Crippen molar-refractivity contribution in [3.63, 3.8) is 0 Å². The molecule has 3 rings (SSSR count). The van der Waals surface area contributed by atoms with Gasteiger partial charge in [0.25, 0.3) is 0 Å². The average Bonchev–Trinajstić information content (AvgIpc) is 2.57. The second-order valence-electron chi connectivity index (χ2n) is 5.11. The van der Waals surface area contributed by atoms with Gasteiger partial charge in [0.2, 0.25) is 5.95 Å². The van der Waals surface area contributed by atoms with Gasteiger partial charge < -0.3 is 14.4 Å². The third kappa shape index (κ3) is 3.48. The van der Waals surface area contributed by atoms with Gasteiger partial charge >= 0.3 is 0 Å². The lowest BCUT2D eigenvalue weighted by Crippen LogP contribution is -2.48. The number of hydrogen-bond acceptors (Lipinski definition) is 5. The predicted molar refractivity (Wildman–Crippen MR) is 85.2 cm³/mol. The molecule has 2 heterocycles. The number of alkyl halides is 1. The highest BCUT2D eigenvalue weighted by molar-refractivity contribution is 6.20. The van der Waals surface area contributed by atoms with Gasteiger partial charge in [-0.2, -0.15) is 0 Å². The number of benzene rings is 1. The van der Waals surface area contributed by atoms with Gasteiger partial charge in [-0.15, -0.1) is 0 Å². The van der Waals surface area contributed by atoms with Crippen LogP contribution < -0.4 is 9.64 Å². The van der Waals surface area contributed by atoms with Gasteiger partial charge in [0.05, 0.1) is 18.3 Å². The summed E-state index contributed by atoms with van der Waals surface area (Å²) in [5.41, 5.74) is 0.486. The molecule has 116 valence electrons. The molecule has 1 aliphatic heterocycles. The van der Waals surface area contributed by atoms with Gasteiger partial charge in [0.15, 0.2) is 5.56 Å². The molecule has 1 aromatic heterocycles. The number of hydrogen-bond donors (Lipinski definition) is 0. The summed E-state index contributed by atoms with van der Waals surface area (Å²) in [6.07, 6.45) is 1.75. The van der Waals surface area contributed by atoms with Gasteiger partial charge in [-0.05, 0) is 25.1 Å². The molecule has 0 spiro atoms. The van der Waals surface area contributed by atoms with Crippen molar-refractivity contribution in [3.8, 4) is 5.75 Å². The zero-order valence-corrected chi connectivity index (χ0v) is 13.1. The minimum atomic E-state index is -0.346. The maximum Gasteiger partial charge on any atom is 0.226 e. The molecule has 6 heteroatoms. The molecule has 2 unspecified atom stereocenters. The Kier molecular flexibility index (Phi) is 4.75. The van der Waals surface area contributed by atoms with Crippen molar-refractivity contribution in [1.82, 2.24) is 9.97 Å². The first-order valence-electron chi connectivity index (χ1n) is 7.26.